The second-order valence-corrected chi connectivity index (χ2v) is 8.18. The Morgan fingerprint density at radius 2 is 1.90 bits per heavy atom. The van der Waals surface area contributed by atoms with E-state index in [9.17, 15) is 4.79 Å². The third-order valence-corrected chi connectivity index (χ3v) is 5.99. The monoisotopic (exact) mass is 413 g/mol. The highest BCUT2D eigenvalue weighted by atomic mass is 16.5. The smallest absolute Gasteiger partial charge is 0.249 e. The van der Waals surface area contributed by atoms with Gasteiger partial charge in [-0.15, -0.1) is 0 Å². The van der Waals surface area contributed by atoms with Gasteiger partial charge in [-0.2, -0.15) is 0 Å². The van der Waals surface area contributed by atoms with Crippen LogP contribution >= 0.6 is 0 Å². The van der Waals surface area contributed by atoms with Crippen LogP contribution in [-0.4, -0.2) is 34.7 Å². The van der Waals surface area contributed by atoms with Crippen molar-refractivity contribution >= 4 is 27.7 Å². The molecule has 0 saturated carbocycles. The Labute approximate surface area is 182 Å². The maximum atomic E-state index is 12.2. The van der Waals surface area contributed by atoms with Crippen LogP contribution in [0.3, 0.4) is 0 Å². The molecule has 1 aliphatic rings. The van der Waals surface area contributed by atoms with Gasteiger partial charge in [-0.25, -0.2) is 4.98 Å². The Morgan fingerprint density at radius 1 is 1.06 bits per heavy atom. The van der Waals surface area contributed by atoms with Crippen molar-refractivity contribution in [2.75, 3.05) is 13.2 Å². The lowest BCUT2D eigenvalue weighted by molar-refractivity contribution is -0.130. The van der Waals surface area contributed by atoms with Crippen LogP contribution in [0.1, 0.15) is 30.7 Å². The number of carbonyl (C=O) groups is 1. The molecular formula is C26H27N3O2. The minimum Gasteiger partial charge on any atom is -0.368 e. The molecule has 5 heteroatoms. The number of nitrogens with zero attached hydrogens (tertiary/aromatic N) is 2. The zero-order chi connectivity index (χ0) is 21.0. The molecular weight excluding hydrogens is 386 g/mol. The first-order valence-electron chi connectivity index (χ1n) is 11.1. The lowest BCUT2D eigenvalue weighted by Crippen LogP contribution is -2.34. The number of rotatable bonds is 7. The summed E-state index contributed by atoms with van der Waals surface area (Å²) in [5.74, 6) is 1.07. The van der Waals surface area contributed by atoms with E-state index < -0.39 is 0 Å². The van der Waals surface area contributed by atoms with Crippen LogP contribution in [0, 0.1) is 0 Å². The molecule has 5 nitrogen and oxygen atoms in total. The number of fused-ring (bicyclic) bond motifs is 2. The van der Waals surface area contributed by atoms with E-state index in [1.165, 1.54) is 16.3 Å². The summed E-state index contributed by atoms with van der Waals surface area (Å²) in [6.07, 6.45) is 3.19. The lowest BCUT2D eigenvalue weighted by atomic mass is 10.1. The molecule has 0 radical (unpaired) electrons. The first-order valence-corrected chi connectivity index (χ1v) is 11.1. The fraction of sp³-hybridized carbons (Fsp3) is 0.308. The minimum atomic E-state index is -0.266. The summed E-state index contributed by atoms with van der Waals surface area (Å²) in [5, 5.41) is 5.52. The van der Waals surface area contributed by atoms with Gasteiger partial charge in [0.25, 0.3) is 0 Å². The Bertz CT molecular complexity index is 1210. The van der Waals surface area contributed by atoms with Crippen molar-refractivity contribution in [3.8, 4) is 0 Å². The van der Waals surface area contributed by atoms with Gasteiger partial charge in [-0.1, -0.05) is 48.5 Å². The molecule has 0 spiro atoms. The van der Waals surface area contributed by atoms with Crippen LogP contribution in [0.4, 0.5) is 0 Å². The maximum absolute atomic E-state index is 12.2. The molecule has 31 heavy (non-hydrogen) atoms. The Balaban J connectivity index is 1.32. The number of para-hydroxylation sites is 2. The molecule has 1 unspecified atom stereocenters. The van der Waals surface area contributed by atoms with Gasteiger partial charge in [0.2, 0.25) is 5.91 Å². The third kappa shape index (κ3) is 4.32. The number of nitrogens with one attached hydrogen (secondary N) is 1. The second kappa shape index (κ2) is 8.90. The summed E-state index contributed by atoms with van der Waals surface area (Å²) in [6.45, 7) is 2.11. The highest BCUT2D eigenvalue weighted by Crippen LogP contribution is 2.21. The summed E-state index contributed by atoms with van der Waals surface area (Å²) in [5.41, 5.74) is 3.42. The molecule has 1 aliphatic heterocycles. The predicted octanol–water partition coefficient (Wildman–Crippen LogP) is 4.47. The zero-order valence-corrected chi connectivity index (χ0v) is 17.6. The highest BCUT2D eigenvalue weighted by molar-refractivity contribution is 5.83. The molecule has 3 aromatic carbocycles. The molecule has 0 bridgehead atoms. The first kappa shape index (κ1) is 19.8. The molecule has 5 rings (SSSR count). The van der Waals surface area contributed by atoms with E-state index >= 15 is 0 Å². The molecule has 1 saturated heterocycles. The maximum Gasteiger partial charge on any atom is 0.249 e. The number of imidazole rings is 1. The van der Waals surface area contributed by atoms with Gasteiger partial charge in [0.05, 0.1) is 11.0 Å². The van der Waals surface area contributed by atoms with Gasteiger partial charge < -0.3 is 14.6 Å². The zero-order valence-electron chi connectivity index (χ0n) is 17.6. The van der Waals surface area contributed by atoms with E-state index in [1.807, 2.05) is 6.07 Å². The van der Waals surface area contributed by atoms with Crippen LogP contribution in [0.5, 0.6) is 0 Å². The van der Waals surface area contributed by atoms with Gasteiger partial charge in [0.1, 0.15) is 11.9 Å². The number of hydrogen-bond donors (Lipinski definition) is 1. The van der Waals surface area contributed by atoms with E-state index in [2.05, 4.69) is 70.5 Å². The van der Waals surface area contributed by atoms with Gasteiger partial charge in [0.15, 0.2) is 0 Å². The number of ether oxygens (including phenoxy) is 1. The van der Waals surface area contributed by atoms with E-state index in [0.717, 1.165) is 49.1 Å². The molecule has 1 atom stereocenters. The van der Waals surface area contributed by atoms with E-state index in [1.54, 1.807) is 0 Å². The number of amides is 1. The molecule has 4 aromatic rings. The Kier molecular flexibility index (Phi) is 5.67. The average Bonchev–Trinajstić information content (AvgIpc) is 3.46. The van der Waals surface area contributed by atoms with E-state index in [-0.39, 0.29) is 12.0 Å². The number of aryl methyl sites for hydroxylation is 1. The van der Waals surface area contributed by atoms with Gasteiger partial charge in [-0.3, -0.25) is 4.79 Å². The molecule has 158 valence electrons. The molecule has 1 aromatic heterocycles. The van der Waals surface area contributed by atoms with Gasteiger partial charge in [-0.05, 0) is 53.8 Å². The minimum absolute atomic E-state index is 0.0159. The third-order valence-electron chi connectivity index (χ3n) is 5.99. The van der Waals surface area contributed by atoms with E-state index in [0.29, 0.717) is 13.2 Å². The number of aromatic nitrogens is 2. The first-order chi connectivity index (χ1) is 15.3. The molecule has 1 N–H and O–H groups in total. The summed E-state index contributed by atoms with van der Waals surface area (Å²) in [4.78, 5) is 17.0. The lowest BCUT2D eigenvalue weighted by Gasteiger charge is -2.12. The predicted molar refractivity (Wildman–Crippen MR) is 123 cm³/mol. The normalized spacial score (nSPS) is 16.2. The quantitative estimate of drug-likeness (QED) is 0.455. The summed E-state index contributed by atoms with van der Waals surface area (Å²) >= 11 is 0. The summed E-state index contributed by atoms with van der Waals surface area (Å²) in [6, 6.07) is 23.4. The summed E-state index contributed by atoms with van der Waals surface area (Å²) < 4.78 is 7.76. The molecule has 2 heterocycles. The van der Waals surface area contributed by atoms with Crippen LogP contribution in [-0.2, 0) is 22.5 Å². The fourth-order valence-corrected chi connectivity index (χ4v) is 4.37. The van der Waals surface area contributed by atoms with Crippen LogP contribution in [0.2, 0.25) is 0 Å². The SMILES string of the molecule is O=C(NCCCc1nc2ccccc2n1Cc1ccc2ccccc2c1)C1CCCO1. The highest BCUT2D eigenvalue weighted by Gasteiger charge is 2.22. The van der Waals surface area contributed by atoms with Crippen molar-refractivity contribution in [3.05, 3.63) is 78.1 Å². The number of benzene rings is 3. The van der Waals surface area contributed by atoms with Crippen molar-refractivity contribution in [2.24, 2.45) is 0 Å². The molecule has 1 fully saturated rings. The van der Waals surface area contributed by atoms with Crippen molar-refractivity contribution in [2.45, 2.75) is 38.3 Å². The topological polar surface area (TPSA) is 56.2 Å². The largest absolute Gasteiger partial charge is 0.368 e. The standard InChI is InChI=1S/C26H27N3O2/c30-26(24-11-6-16-31-24)27-15-5-12-25-28-22-9-3-4-10-23(22)29(25)18-19-13-14-20-7-1-2-8-21(20)17-19/h1-4,7-10,13-14,17,24H,5-6,11-12,15-16,18H2,(H,27,30). The summed E-state index contributed by atoms with van der Waals surface area (Å²) in [7, 11) is 0. The molecule has 1 amide bonds. The van der Waals surface area contributed by atoms with Crippen LogP contribution in [0.15, 0.2) is 66.7 Å². The number of hydrogen-bond acceptors (Lipinski definition) is 3. The average molecular weight is 414 g/mol. The Morgan fingerprint density at radius 3 is 2.77 bits per heavy atom. The van der Waals surface area contributed by atoms with Gasteiger partial charge >= 0.3 is 0 Å². The van der Waals surface area contributed by atoms with Gasteiger partial charge in [0, 0.05) is 26.1 Å². The van der Waals surface area contributed by atoms with Crippen LogP contribution < -0.4 is 5.32 Å². The fourth-order valence-electron chi connectivity index (χ4n) is 4.37. The number of carbonyl (C=O) groups excluding carboxylic acids is 1. The van der Waals surface area contributed by atoms with Crippen molar-refractivity contribution in [1.82, 2.24) is 14.9 Å². The van der Waals surface area contributed by atoms with Crippen molar-refractivity contribution < 1.29 is 9.53 Å². The molecule has 0 aliphatic carbocycles. The second-order valence-electron chi connectivity index (χ2n) is 8.18. The van der Waals surface area contributed by atoms with Crippen molar-refractivity contribution in [3.63, 3.8) is 0 Å². The van der Waals surface area contributed by atoms with Crippen LogP contribution in [0.25, 0.3) is 21.8 Å². The Hall–Kier alpha value is -3.18. The van der Waals surface area contributed by atoms with Crippen molar-refractivity contribution in [1.29, 1.82) is 0 Å². The van der Waals surface area contributed by atoms with E-state index in [4.69, 9.17) is 9.72 Å².